The van der Waals surface area contributed by atoms with Gasteiger partial charge in [-0.2, -0.15) is 0 Å². The van der Waals surface area contributed by atoms with Crippen LogP contribution >= 0.6 is 0 Å². The van der Waals surface area contributed by atoms with E-state index in [-0.39, 0.29) is 17.5 Å². The predicted octanol–water partition coefficient (Wildman–Crippen LogP) is 3.05. The quantitative estimate of drug-likeness (QED) is 0.787. The molecule has 0 saturated heterocycles. The number of aliphatic hydroxyl groups is 1. The first-order valence-corrected chi connectivity index (χ1v) is 7.54. The number of aliphatic hydroxyl groups excluding tert-OH is 1. The molecular weight excluding hydrogens is 228 g/mol. The van der Waals surface area contributed by atoms with E-state index in [4.69, 9.17) is 4.74 Å². The van der Waals surface area contributed by atoms with Crippen LogP contribution in [0.15, 0.2) is 0 Å². The van der Waals surface area contributed by atoms with E-state index in [0.29, 0.717) is 12.5 Å². The molecule has 0 amide bonds. The van der Waals surface area contributed by atoms with Crippen molar-refractivity contribution in [3.05, 3.63) is 0 Å². The van der Waals surface area contributed by atoms with Crippen LogP contribution in [0.25, 0.3) is 0 Å². The zero-order chi connectivity index (χ0) is 13.0. The maximum atomic E-state index is 12.4. The van der Waals surface area contributed by atoms with Gasteiger partial charge >= 0.3 is 5.97 Å². The Bertz CT molecular complexity index is 281. The second-order valence-corrected chi connectivity index (χ2v) is 5.95. The zero-order valence-corrected chi connectivity index (χ0v) is 11.5. The SMILES string of the molecule is CCOC(=O)C1(C2CCCC(O)C2)CCCCC1. The van der Waals surface area contributed by atoms with E-state index < -0.39 is 0 Å². The van der Waals surface area contributed by atoms with Crippen LogP contribution < -0.4 is 0 Å². The molecule has 0 aliphatic heterocycles. The number of rotatable bonds is 3. The molecule has 0 radical (unpaired) electrons. The third-order valence-corrected chi connectivity index (χ3v) is 4.86. The average molecular weight is 254 g/mol. The summed E-state index contributed by atoms with van der Waals surface area (Å²) >= 11 is 0. The molecular formula is C15H26O3. The molecule has 0 heterocycles. The first-order chi connectivity index (χ1) is 8.69. The van der Waals surface area contributed by atoms with Gasteiger partial charge in [0.2, 0.25) is 0 Å². The summed E-state index contributed by atoms with van der Waals surface area (Å²) in [6, 6.07) is 0. The summed E-state index contributed by atoms with van der Waals surface area (Å²) in [5.41, 5.74) is -0.282. The molecule has 2 aliphatic carbocycles. The zero-order valence-electron chi connectivity index (χ0n) is 11.5. The largest absolute Gasteiger partial charge is 0.466 e. The first kappa shape index (κ1) is 13.9. The Morgan fingerprint density at radius 2 is 1.94 bits per heavy atom. The van der Waals surface area contributed by atoms with Crippen molar-refractivity contribution in [2.24, 2.45) is 11.3 Å². The lowest BCUT2D eigenvalue weighted by molar-refractivity contribution is -0.164. The minimum atomic E-state index is -0.282. The van der Waals surface area contributed by atoms with Crippen molar-refractivity contribution < 1.29 is 14.6 Å². The van der Waals surface area contributed by atoms with Crippen LogP contribution in [0, 0.1) is 11.3 Å². The molecule has 0 aromatic carbocycles. The lowest BCUT2D eigenvalue weighted by atomic mass is 9.61. The summed E-state index contributed by atoms with van der Waals surface area (Å²) in [5, 5.41) is 9.88. The van der Waals surface area contributed by atoms with Gasteiger partial charge in [-0.25, -0.2) is 0 Å². The highest BCUT2D eigenvalue weighted by Crippen LogP contribution is 2.49. The second kappa shape index (κ2) is 6.05. The number of carbonyl (C=O) groups excluding carboxylic acids is 1. The summed E-state index contributed by atoms with van der Waals surface area (Å²) in [6.45, 7) is 2.35. The third kappa shape index (κ3) is 2.71. The normalized spacial score (nSPS) is 31.9. The van der Waals surface area contributed by atoms with E-state index >= 15 is 0 Å². The maximum Gasteiger partial charge on any atom is 0.312 e. The van der Waals surface area contributed by atoms with Crippen LogP contribution in [-0.2, 0) is 9.53 Å². The molecule has 1 N–H and O–H groups in total. The van der Waals surface area contributed by atoms with Gasteiger partial charge in [-0.1, -0.05) is 25.7 Å². The second-order valence-electron chi connectivity index (χ2n) is 5.95. The number of hydrogen-bond acceptors (Lipinski definition) is 3. The standard InChI is InChI=1S/C15H26O3/c1-2-18-14(17)15(9-4-3-5-10-15)12-7-6-8-13(16)11-12/h12-13,16H,2-11H2,1H3. The van der Waals surface area contributed by atoms with Crippen molar-refractivity contribution in [3.8, 4) is 0 Å². The van der Waals surface area contributed by atoms with Crippen molar-refractivity contribution in [2.45, 2.75) is 70.8 Å². The van der Waals surface area contributed by atoms with E-state index in [1.54, 1.807) is 0 Å². The van der Waals surface area contributed by atoms with E-state index in [0.717, 1.165) is 51.4 Å². The maximum absolute atomic E-state index is 12.4. The first-order valence-electron chi connectivity index (χ1n) is 7.54. The minimum Gasteiger partial charge on any atom is -0.466 e. The Hall–Kier alpha value is -0.570. The van der Waals surface area contributed by atoms with Gasteiger partial charge in [-0.3, -0.25) is 4.79 Å². The van der Waals surface area contributed by atoms with Gasteiger partial charge in [0.25, 0.3) is 0 Å². The molecule has 0 spiro atoms. The van der Waals surface area contributed by atoms with Crippen molar-refractivity contribution in [2.75, 3.05) is 6.61 Å². The van der Waals surface area contributed by atoms with Crippen LogP contribution in [0.2, 0.25) is 0 Å². The van der Waals surface area contributed by atoms with Gasteiger partial charge in [-0.15, -0.1) is 0 Å². The number of hydrogen-bond donors (Lipinski definition) is 1. The average Bonchev–Trinajstić information content (AvgIpc) is 2.40. The molecule has 18 heavy (non-hydrogen) atoms. The highest BCUT2D eigenvalue weighted by molar-refractivity contribution is 5.77. The van der Waals surface area contributed by atoms with E-state index in [9.17, 15) is 9.90 Å². The van der Waals surface area contributed by atoms with Gasteiger partial charge in [0.1, 0.15) is 0 Å². The van der Waals surface area contributed by atoms with Crippen molar-refractivity contribution >= 4 is 5.97 Å². The van der Waals surface area contributed by atoms with Crippen molar-refractivity contribution in [1.29, 1.82) is 0 Å². The van der Waals surface area contributed by atoms with Gasteiger partial charge in [-0.05, 0) is 44.9 Å². The molecule has 3 nitrogen and oxygen atoms in total. The number of carbonyl (C=O) groups is 1. The summed E-state index contributed by atoms with van der Waals surface area (Å²) in [4.78, 5) is 12.4. The molecule has 0 aromatic heterocycles. The van der Waals surface area contributed by atoms with E-state index in [2.05, 4.69) is 0 Å². The monoisotopic (exact) mass is 254 g/mol. The Balaban J connectivity index is 2.15. The molecule has 104 valence electrons. The fourth-order valence-corrected chi connectivity index (χ4v) is 3.90. The molecule has 2 atom stereocenters. The summed E-state index contributed by atoms with van der Waals surface area (Å²) in [5.74, 6) is 0.337. The van der Waals surface area contributed by atoms with Crippen molar-refractivity contribution in [3.63, 3.8) is 0 Å². The fraction of sp³-hybridized carbons (Fsp3) is 0.933. The molecule has 2 aliphatic rings. The summed E-state index contributed by atoms with van der Waals surface area (Å²) in [7, 11) is 0. The lowest BCUT2D eigenvalue weighted by Gasteiger charge is -2.44. The fourth-order valence-electron chi connectivity index (χ4n) is 3.90. The highest BCUT2D eigenvalue weighted by Gasteiger charge is 2.48. The highest BCUT2D eigenvalue weighted by atomic mass is 16.5. The van der Waals surface area contributed by atoms with Crippen LogP contribution in [0.5, 0.6) is 0 Å². The Morgan fingerprint density at radius 3 is 2.56 bits per heavy atom. The Labute approximate surface area is 110 Å². The number of ether oxygens (including phenoxy) is 1. The molecule has 2 saturated carbocycles. The van der Waals surface area contributed by atoms with Gasteiger partial charge in [0.15, 0.2) is 0 Å². The summed E-state index contributed by atoms with van der Waals surface area (Å²) < 4.78 is 5.35. The minimum absolute atomic E-state index is 0.00352. The van der Waals surface area contributed by atoms with Crippen LogP contribution in [-0.4, -0.2) is 23.8 Å². The molecule has 3 heteroatoms. The van der Waals surface area contributed by atoms with Gasteiger partial charge < -0.3 is 9.84 Å². The topological polar surface area (TPSA) is 46.5 Å². The number of esters is 1. The van der Waals surface area contributed by atoms with E-state index in [1.165, 1.54) is 6.42 Å². The molecule has 2 fully saturated rings. The smallest absolute Gasteiger partial charge is 0.312 e. The third-order valence-electron chi connectivity index (χ3n) is 4.86. The Morgan fingerprint density at radius 1 is 1.22 bits per heavy atom. The van der Waals surface area contributed by atoms with Crippen molar-refractivity contribution in [1.82, 2.24) is 0 Å². The lowest BCUT2D eigenvalue weighted by Crippen LogP contribution is -2.44. The van der Waals surface area contributed by atoms with Crippen LogP contribution in [0.4, 0.5) is 0 Å². The van der Waals surface area contributed by atoms with E-state index in [1.807, 2.05) is 6.92 Å². The molecule has 2 rings (SSSR count). The molecule has 0 bridgehead atoms. The summed E-state index contributed by atoms with van der Waals surface area (Å²) in [6.07, 6.45) is 9.02. The van der Waals surface area contributed by atoms with Crippen LogP contribution in [0.1, 0.15) is 64.7 Å². The van der Waals surface area contributed by atoms with Crippen LogP contribution in [0.3, 0.4) is 0 Å². The molecule has 2 unspecified atom stereocenters. The Kier molecular flexibility index (Phi) is 4.66. The van der Waals surface area contributed by atoms with Gasteiger partial charge in [0, 0.05) is 0 Å². The van der Waals surface area contributed by atoms with Gasteiger partial charge in [0.05, 0.1) is 18.1 Å². The molecule has 0 aromatic rings. The predicted molar refractivity (Wildman–Crippen MR) is 70.1 cm³/mol.